The molecule has 0 aromatic heterocycles. The Balaban J connectivity index is 1.54. The van der Waals surface area contributed by atoms with E-state index >= 15 is 0 Å². The van der Waals surface area contributed by atoms with Crippen LogP contribution in [0, 0.1) is 20.7 Å². The summed E-state index contributed by atoms with van der Waals surface area (Å²) in [7, 11) is 1.54. The van der Waals surface area contributed by atoms with E-state index in [-0.39, 0.29) is 18.3 Å². The van der Waals surface area contributed by atoms with Crippen LogP contribution in [0.4, 0.5) is 10.1 Å². The van der Waals surface area contributed by atoms with E-state index in [1.165, 1.54) is 36.0 Å². The van der Waals surface area contributed by atoms with Gasteiger partial charge in [-0.15, -0.1) is 0 Å². The third kappa shape index (κ3) is 5.58. The number of amides is 1. The number of carbonyl (C=O) groups is 1. The van der Waals surface area contributed by atoms with E-state index in [0.29, 0.717) is 32.8 Å². The lowest BCUT2D eigenvalue weighted by Crippen LogP contribution is -2.19. The van der Waals surface area contributed by atoms with E-state index in [9.17, 15) is 14.4 Å². The summed E-state index contributed by atoms with van der Waals surface area (Å²) >= 11 is 3.35. The van der Waals surface area contributed by atoms with E-state index in [0.717, 1.165) is 14.7 Å². The van der Waals surface area contributed by atoms with E-state index in [1.54, 1.807) is 25.3 Å². The van der Waals surface area contributed by atoms with Crippen molar-refractivity contribution in [2.24, 2.45) is 4.99 Å². The van der Waals surface area contributed by atoms with Gasteiger partial charge >= 0.3 is 0 Å². The van der Waals surface area contributed by atoms with Gasteiger partial charge in [0.15, 0.2) is 16.7 Å². The van der Waals surface area contributed by atoms with Crippen LogP contribution >= 0.6 is 34.4 Å². The Hall–Kier alpha value is -3.36. The van der Waals surface area contributed by atoms with Crippen LogP contribution in [-0.2, 0) is 11.4 Å². The highest BCUT2D eigenvalue weighted by molar-refractivity contribution is 14.1. The Labute approximate surface area is 213 Å². The highest BCUT2D eigenvalue weighted by Gasteiger charge is 2.24. The number of benzene rings is 3. The maximum absolute atomic E-state index is 13.1. The van der Waals surface area contributed by atoms with Gasteiger partial charge in [-0.2, -0.15) is 5.26 Å². The van der Waals surface area contributed by atoms with Gasteiger partial charge in [0.2, 0.25) is 0 Å². The molecule has 6 nitrogen and oxygen atoms in total. The van der Waals surface area contributed by atoms with Crippen LogP contribution in [0.1, 0.15) is 16.7 Å². The quantitative estimate of drug-likeness (QED) is 0.293. The minimum Gasteiger partial charge on any atom is -0.493 e. The smallest absolute Gasteiger partial charge is 0.264 e. The molecule has 0 radical (unpaired) electrons. The Bertz CT molecular complexity index is 1350. The van der Waals surface area contributed by atoms with Gasteiger partial charge in [-0.1, -0.05) is 18.2 Å². The third-order valence-corrected chi connectivity index (χ3v) is 6.48. The molecule has 1 heterocycles. The van der Waals surface area contributed by atoms with Crippen molar-refractivity contribution in [1.29, 1.82) is 5.26 Å². The molecule has 3 aromatic carbocycles. The van der Waals surface area contributed by atoms with E-state index in [1.807, 2.05) is 24.3 Å². The summed E-state index contributed by atoms with van der Waals surface area (Å²) in [6.45, 7) is 0.220. The summed E-state index contributed by atoms with van der Waals surface area (Å²) < 4.78 is 25.4. The fourth-order valence-electron chi connectivity index (χ4n) is 3.13. The zero-order chi connectivity index (χ0) is 24.1. The summed E-state index contributed by atoms with van der Waals surface area (Å²) in [6.07, 6.45) is 1.74. The summed E-state index contributed by atoms with van der Waals surface area (Å²) in [5.41, 5.74) is 2.63. The number of halogens is 2. The second kappa shape index (κ2) is 10.7. The van der Waals surface area contributed by atoms with Gasteiger partial charge in [0.25, 0.3) is 5.91 Å². The SMILES string of the molecule is COc1cc(/C=C2/SC(=Nc3ccc(F)cc3)NC2=O)cc(I)c1OCc1ccccc1C#N. The lowest BCUT2D eigenvalue weighted by molar-refractivity contribution is -0.115. The summed E-state index contributed by atoms with van der Waals surface area (Å²) in [6, 6.07) is 18.8. The largest absolute Gasteiger partial charge is 0.493 e. The number of amidine groups is 1. The number of carbonyl (C=O) groups excluding carboxylic acids is 1. The number of methoxy groups -OCH3 is 1. The van der Waals surface area contributed by atoms with Crippen LogP contribution in [0.15, 0.2) is 70.6 Å². The Morgan fingerprint density at radius 1 is 1.21 bits per heavy atom. The lowest BCUT2D eigenvalue weighted by atomic mass is 10.1. The molecule has 0 saturated carbocycles. The van der Waals surface area contributed by atoms with Gasteiger partial charge in [0, 0.05) is 5.56 Å². The predicted molar refractivity (Wildman–Crippen MR) is 138 cm³/mol. The first kappa shape index (κ1) is 23.8. The number of nitrogens with zero attached hydrogens (tertiary/aromatic N) is 2. The summed E-state index contributed by atoms with van der Waals surface area (Å²) in [5, 5.41) is 12.4. The first-order chi connectivity index (χ1) is 16.5. The number of rotatable bonds is 6. The maximum Gasteiger partial charge on any atom is 0.264 e. The number of nitriles is 1. The van der Waals surface area contributed by atoms with Gasteiger partial charge in [0.05, 0.1) is 32.9 Å². The topological polar surface area (TPSA) is 83.7 Å². The Kier molecular flexibility index (Phi) is 7.49. The van der Waals surface area contributed by atoms with E-state index < -0.39 is 0 Å². The number of aliphatic imine (C=N–C) groups is 1. The Morgan fingerprint density at radius 3 is 2.71 bits per heavy atom. The molecule has 0 spiro atoms. The standard InChI is InChI=1S/C25H17FIN3O3S/c1-32-21-11-15(10-20(27)23(21)33-14-17-5-3-2-4-16(17)13-28)12-22-24(31)30-25(34-22)29-19-8-6-18(26)7-9-19/h2-12H,14H2,1H3,(H,29,30,31)/b22-12+. The normalized spacial score (nSPS) is 15.3. The molecule has 0 unspecified atom stereocenters. The zero-order valence-corrected chi connectivity index (χ0v) is 20.8. The fraction of sp³-hybridized carbons (Fsp3) is 0.0800. The zero-order valence-electron chi connectivity index (χ0n) is 17.8. The molecule has 170 valence electrons. The van der Waals surface area contributed by atoms with Gasteiger partial charge in [-0.3, -0.25) is 4.79 Å². The number of thioether (sulfide) groups is 1. The number of nitrogens with one attached hydrogen (secondary N) is 1. The van der Waals surface area contributed by atoms with Crippen LogP contribution in [0.2, 0.25) is 0 Å². The van der Waals surface area contributed by atoms with Crippen molar-refractivity contribution in [2.45, 2.75) is 6.61 Å². The van der Waals surface area contributed by atoms with Crippen molar-refractivity contribution < 1.29 is 18.7 Å². The second-order valence-electron chi connectivity index (χ2n) is 7.05. The molecule has 1 aliphatic heterocycles. The predicted octanol–water partition coefficient (Wildman–Crippen LogP) is 5.78. The molecule has 1 amide bonds. The van der Waals surface area contributed by atoms with Crippen molar-refractivity contribution in [2.75, 3.05) is 7.11 Å². The number of hydrogen-bond acceptors (Lipinski definition) is 6. The van der Waals surface area contributed by atoms with Crippen molar-refractivity contribution in [3.8, 4) is 17.6 Å². The molecule has 0 bridgehead atoms. The third-order valence-electron chi connectivity index (χ3n) is 4.77. The van der Waals surface area contributed by atoms with Gasteiger partial charge < -0.3 is 14.8 Å². The molecular formula is C25H17FIN3O3S. The van der Waals surface area contributed by atoms with Crippen LogP contribution in [-0.4, -0.2) is 18.2 Å². The van der Waals surface area contributed by atoms with E-state index in [4.69, 9.17) is 9.47 Å². The molecule has 1 N–H and O–H groups in total. The molecule has 4 rings (SSSR count). The maximum atomic E-state index is 13.1. The monoisotopic (exact) mass is 585 g/mol. The molecule has 0 atom stereocenters. The van der Waals surface area contributed by atoms with E-state index in [2.05, 4.69) is 39.0 Å². The highest BCUT2D eigenvalue weighted by atomic mass is 127. The van der Waals surface area contributed by atoms with Crippen LogP contribution in [0.25, 0.3) is 6.08 Å². The number of hydrogen-bond donors (Lipinski definition) is 1. The fourth-order valence-corrected chi connectivity index (χ4v) is 4.76. The van der Waals surface area contributed by atoms with Crippen LogP contribution in [0.5, 0.6) is 11.5 Å². The lowest BCUT2D eigenvalue weighted by Gasteiger charge is -2.14. The highest BCUT2D eigenvalue weighted by Crippen LogP contribution is 2.36. The molecule has 0 aliphatic carbocycles. The molecule has 1 fully saturated rings. The van der Waals surface area contributed by atoms with Gasteiger partial charge in [-0.05, 0) is 88.5 Å². The van der Waals surface area contributed by atoms with Crippen molar-refractivity contribution in [3.63, 3.8) is 0 Å². The molecule has 34 heavy (non-hydrogen) atoms. The molecule has 3 aromatic rings. The molecular weight excluding hydrogens is 568 g/mol. The van der Waals surface area contributed by atoms with Crippen molar-refractivity contribution >= 4 is 57.2 Å². The molecule has 9 heteroatoms. The van der Waals surface area contributed by atoms with Crippen LogP contribution < -0.4 is 14.8 Å². The first-order valence-electron chi connectivity index (χ1n) is 10.0. The van der Waals surface area contributed by atoms with Gasteiger partial charge in [0.1, 0.15) is 12.4 Å². The second-order valence-corrected chi connectivity index (χ2v) is 9.24. The summed E-state index contributed by atoms with van der Waals surface area (Å²) in [4.78, 5) is 17.2. The summed E-state index contributed by atoms with van der Waals surface area (Å²) in [5.74, 6) is 0.447. The number of ether oxygens (including phenoxy) is 2. The molecule has 1 aliphatic rings. The minimum atomic E-state index is -0.349. The minimum absolute atomic E-state index is 0.220. The van der Waals surface area contributed by atoms with Gasteiger partial charge in [-0.25, -0.2) is 9.38 Å². The molecule has 1 saturated heterocycles. The van der Waals surface area contributed by atoms with Crippen LogP contribution in [0.3, 0.4) is 0 Å². The Morgan fingerprint density at radius 2 is 1.97 bits per heavy atom. The average molecular weight is 585 g/mol. The average Bonchev–Trinajstić information content (AvgIpc) is 3.18. The first-order valence-corrected chi connectivity index (χ1v) is 11.9. The van der Waals surface area contributed by atoms with Crippen molar-refractivity contribution in [3.05, 3.63) is 91.6 Å². The van der Waals surface area contributed by atoms with Crippen molar-refractivity contribution in [1.82, 2.24) is 5.32 Å².